The zero-order valence-corrected chi connectivity index (χ0v) is 11.3. The van der Waals surface area contributed by atoms with E-state index in [1.54, 1.807) is 25.1 Å². The number of hydrogen-bond acceptors (Lipinski definition) is 4. The maximum absolute atomic E-state index is 12.0. The Kier molecular flexibility index (Phi) is 4.40. The summed E-state index contributed by atoms with van der Waals surface area (Å²) in [6.45, 7) is 3.58. The van der Waals surface area contributed by atoms with Crippen molar-refractivity contribution < 1.29 is 13.2 Å². The van der Waals surface area contributed by atoms with Gasteiger partial charge >= 0.3 is 0 Å². The summed E-state index contributed by atoms with van der Waals surface area (Å²) in [6.07, 6.45) is 0.613. The zero-order valence-electron chi connectivity index (χ0n) is 10.4. The third kappa shape index (κ3) is 3.63. The lowest BCUT2D eigenvalue weighted by molar-refractivity contribution is 0.414. The predicted molar refractivity (Wildman–Crippen MR) is 69.8 cm³/mol. The summed E-state index contributed by atoms with van der Waals surface area (Å²) in [4.78, 5) is 0. The summed E-state index contributed by atoms with van der Waals surface area (Å²) >= 11 is 0. The third-order valence-corrected chi connectivity index (χ3v) is 5.08. The minimum Gasteiger partial charge on any atom is -0.497 e. The first-order chi connectivity index (χ1) is 7.89. The van der Waals surface area contributed by atoms with Crippen molar-refractivity contribution in [1.82, 2.24) is 0 Å². The summed E-state index contributed by atoms with van der Waals surface area (Å²) in [5.74, 6) is 0.586. The van der Waals surface area contributed by atoms with Crippen molar-refractivity contribution in [3.8, 4) is 5.75 Å². The molecule has 0 aliphatic heterocycles. The van der Waals surface area contributed by atoms with E-state index in [9.17, 15) is 8.42 Å². The van der Waals surface area contributed by atoms with E-state index in [0.717, 1.165) is 0 Å². The van der Waals surface area contributed by atoms with Gasteiger partial charge in [0, 0.05) is 11.8 Å². The number of methoxy groups -OCH3 is 1. The Hall–Kier alpha value is -1.23. The number of sulfone groups is 1. The molecule has 1 aromatic carbocycles. The average Bonchev–Trinajstić information content (AvgIpc) is 2.26. The molecule has 0 spiro atoms. The van der Waals surface area contributed by atoms with Crippen molar-refractivity contribution >= 4 is 15.5 Å². The molecule has 0 aliphatic carbocycles. The molecule has 0 aromatic heterocycles. The van der Waals surface area contributed by atoms with Gasteiger partial charge in [0.15, 0.2) is 9.84 Å². The molecule has 2 N–H and O–H groups in total. The highest BCUT2D eigenvalue weighted by Gasteiger charge is 2.19. The number of hydrogen-bond donors (Lipinski definition) is 1. The third-order valence-electron chi connectivity index (χ3n) is 2.78. The second-order valence-corrected chi connectivity index (χ2v) is 6.56. The molecule has 1 rings (SSSR count). The van der Waals surface area contributed by atoms with Gasteiger partial charge < -0.3 is 10.5 Å². The zero-order chi connectivity index (χ0) is 13.1. The van der Waals surface area contributed by atoms with Crippen molar-refractivity contribution in [2.45, 2.75) is 31.3 Å². The van der Waals surface area contributed by atoms with Crippen molar-refractivity contribution in [2.75, 3.05) is 12.8 Å². The van der Waals surface area contributed by atoms with E-state index in [0.29, 0.717) is 23.4 Å². The molecule has 0 radical (unpaired) electrons. The van der Waals surface area contributed by atoms with Gasteiger partial charge in [0.25, 0.3) is 0 Å². The molecule has 5 heteroatoms. The maximum atomic E-state index is 12.0. The fraction of sp³-hybridized carbons (Fsp3) is 0.500. The fourth-order valence-corrected chi connectivity index (χ4v) is 2.94. The van der Waals surface area contributed by atoms with E-state index in [2.05, 4.69) is 0 Å². The molecule has 0 aliphatic rings. The largest absolute Gasteiger partial charge is 0.497 e. The van der Waals surface area contributed by atoms with Crippen LogP contribution in [0.3, 0.4) is 0 Å². The van der Waals surface area contributed by atoms with E-state index >= 15 is 0 Å². The van der Waals surface area contributed by atoms with E-state index < -0.39 is 9.84 Å². The molecular weight excluding hydrogens is 238 g/mol. The first-order valence-electron chi connectivity index (χ1n) is 5.54. The van der Waals surface area contributed by atoms with Gasteiger partial charge in [-0.2, -0.15) is 0 Å². The Morgan fingerprint density at radius 1 is 1.35 bits per heavy atom. The molecule has 17 heavy (non-hydrogen) atoms. The fourth-order valence-electron chi connectivity index (χ4n) is 1.52. The van der Waals surface area contributed by atoms with Crippen LogP contribution >= 0.6 is 0 Å². The van der Waals surface area contributed by atoms with E-state index in [-0.39, 0.29) is 11.0 Å². The Bertz CT molecular complexity index is 483. The van der Waals surface area contributed by atoms with Crippen molar-refractivity contribution in [2.24, 2.45) is 0 Å². The Balaban J connectivity index is 2.99. The Labute approximate surface area is 103 Å². The molecule has 96 valence electrons. The summed E-state index contributed by atoms with van der Waals surface area (Å²) < 4.78 is 29.0. The first kappa shape index (κ1) is 13.8. The van der Waals surface area contributed by atoms with Gasteiger partial charge in [0.1, 0.15) is 5.75 Å². The normalized spacial score (nSPS) is 13.4. The molecule has 0 saturated carbocycles. The quantitative estimate of drug-likeness (QED) is 0.819. The van der Waals surface area contributed by atoms with E-state index in [1.165, 1.54) is 7.11 Å². The van der Waals surface area contributed by atoms with Crippen molar-refractivity contribution in [1.29, 1.82) is 0 Å². The average molecular weight is 257 g/mol. The van der Waals surface area contributed by atoms with Crippen molar-refractivity contribution in [3.05, 3.63) is 23.8 Å². The number of anilines is 1. The van der Waals surface area contributed by atoms with Gasteiger partial charge in [0.2, 0.25) is 0 Å². The molecule has 1 aromatic rings. The molecule has 0 fully saturated rings. The molecule has 0 heterocycles. The smallest absolute Gasteiger partial charge is 0.157 e. The Morgan fingerprint density at radius 3 is 2.53 bits per heavy atom. The minimum absolute atomic E-state index is 0.00338. The molecule has 0 amide bonds. The molecule has 0 saturated heterocycles. The summed E-state index contributed by atoms with van der Waals surface area (Å²) in [6, 6.07) is 5.04. The van der Waals surface area contributed by atoms with Gasteiger partial charge in [-0.3, -0.25) is 0 Å². The van der Waals surface area contributed by atoms with Gasteiger partial charge in [-0.15, -0.1) is 0 Å². The first-order valence-corrected chi connectivity index (χ1v) is 7.25. The van der Waals surface area contributed by atoms with Gasteiger partial charge in [0.05, 0.1) is 18.1 Å². The van der Waals surface area contributed by atoms with Crippen LogP contribution in [0.1, 0.15) is 25.8 Å². The van der Waals surface area contributed by atoms with Crippen LogP contribution in [0, 0.1) is 0 Å². The van der Waals surface area contributed by atoms with E-state index in [4.69, 9.17) is 10.5 Å². The number of ether oxygens (including phenoxy) is 1. The summed E-state index contributed by atoms with van der Waals surface area (Å²) in [7, 11) is -1.59. The molecule has 1 unspecified atom stereocenters. The standard InChI is InChI=1S/C12H19NO3S/c1-4-9(2)17(14,15)8-10-5-11(13)7-12(6-10)16-3/h5-7,9H,4,8,13H2,1-3H3. The Morgan fingerprint density at radius 2 is 2.00 bits per heavy atom. The van der Waals surface area contributed by atoms with Gasteiger partial charge in [-0.25, -0.2) is 8.42 Å². The van der Waals surface area contributed by atoms with Crippen LogP contribution in [0.2, 0.25) is 0 Å². The topological polar surface area (TPSA) is 69.4 Å². The van der Waals surface area contributed by atoms with Crippen LogP contribution in [-0.2, 0) is 15.6 Å². The number of rotatable bonds is 5. The summed E-state index contributed by atoms with van der Waals surface area (Å²) in [5.41, 5.74) is 6.87. The van der Waals surface area contributed by atoms with E-state index in [1.807, 2.05) is 6.92 Å². The minimum atomic E-state index is -3.12. The SMILES string of the molecule is CCC(C)S(=O)(=O)Cc1cc(N)cc(OC)c1. The highest BCUT2D eigenvalue weighted by Crippen LogP contribution is 2.21. The predicted octanol–water partition coefficient (Wildman–Crippen LogP) is 1.99. The van der Waals surface area contributed by atoms with Crippen LogP contribution in [0.4, 0.5) is 5.69 Å². The second-order valence-electron chi connectivity index (χ2n) is 4.14. The van der Waals surface area contributed by atoms with Crippen LogP contribution < -0.4 is 10.5 Å². The lowest BCUT2D eigenvalue weighted by Gasteiger charge is -2.11. The molecule has 0 bridgehead atoms. The van der Waals surface area contributed by atoms with Crippen LogP contribution in [0.25, 0.3) is 0 Å². The highest BCUT2D eigenvalue weighted by molar-refractivity contribution is 7.91. The summed E-state index contributed by atoms with van der Waals surface area (Å²) in [5, 5.41) is -0.338. The van der Waals surface area contributed by atoms with Crippen molar-refractivity contribution in [3.63, 3.8) is 0 Å². The monoisotopic (exact) mass is 257 g/mol. The maximum Gasteiger partial charge on any atom is 0.157 e. The van der Waals surface area contributed by atoms with Crippen LogP contribution in [0.5, 0.6) is 5.75 Å². The number of nitrogen functional groups attached to an aromatic ring is 1. The van der Waals surface area contributed by atoms with Crippen LogP contribution in [-0.4, -0.2) is 20.8 Å². The highest BCUT2D eigenvalue weighted by atomic mass is 32.2. The van der Waals surface area contributed by atoms with Gasteiger partial charge in [-0.1, -0.05) is 6.92 Å². The number of benzene rings is 1. The second kappa shape index (κ2) is 5.40. The molecular formula is C12H19NO3S. The molecule has 4 nitrogen and oxygen atoms in total. The lowest BCUT2D eigenvalue weighted by atomic mass is 10.2. The number of nitrogens with two attached hydrogens (primary N) is 1. The lowest BCUT2D eigenvalue weighted by Crippen LogP contribution is -2.18. The molecule has 1 atom stereocenters. The van der Waals surface area contributed by atoms with Crippen LogP contribution in [0.15, 0.2) is 18.2 Å². The van der Waals surface area contributed by atoms with Gasteiger partial charge in [-0.05, 0) is 31.0 Å².